The van der Waals surface area contributed by atoms with Crippen molar-refractivity contribution in [2.24, 2.45) is 0 Å². The summed E-state index contributed by atoms with van der Waals surface area (Å²) in [4.78, 5) is 28.8. The van der Waals surface area contributed by atoms with Crippen molar-refractivity contribution in [3.8, 4) is 23.0 Å². The standard InChI is InChI=1S/C26H24N2O6S/c1-31-19-9-7-16(11-21(19)32-2)24-13-26(30)28(18-5-3-4-6-23(18)35-24)14-25(29)27-17-8-10-20-22(12-17)34-15-33-20/h3-12,24H,13-15H2,1-2H3,(H,27,29)/t24-/m0/s1. The van der Waals surface area contributed by atoms with Gasteiger partial charge in [-0.15, -0.1) is 11.8 Å². The molecule has 0 saturated heterocycles. The molecule has 3 aromatic rings. The summed E-state index contributed by atoms with van der Waals surface area (Å²) in [5.74, 6) is 2.01. The van der Waals surface area contributed by atoms with Crippen LogP contribution in [-0.2, 0) is 9.59 Å². The lowest BCUT2D eigenvalue weighted by molar-refractivity contribution is -0.121. The molecule has 0 radical (unpaired) electrons. The highest BCUT2D eigenvalue weighted by Crippen LogP contribution is 2.46. The molecule has 8 nitrogen and oxygen atoms in total. The van der Waals surface area contributed by atoms with Crippen molar-refractivity contribution in [1.82, 2.24) is 0 Å². The smallest absolute Gasteiger partial charge is 0.244 e. The molecule has 2 aliphatic rings. The van der Waals surface area contributed by atoms with E-state index in [0.29, 0.717) is 34.4 Å². The Hall–Kier alpha value is -3.85. The number of ether oxygens (including phenoxy) is 4. The Morgan fingerprint density at radius 2 is 1.83 bits per heavy atom. The summed E-state index contributed by atoms with van der Waals surface area (Å²) in [7, 11) is 3.17. The lowest BCUT2D eigenvalue weighted by Crippen LogP contribution is -2.38. The average Bonchev–Trinajstić information content (AvgIpc) is 3.29. The van der Waals surface area contributed by atoms with Crippen LogP contribution in [0.2, 0.25) is 0 Å². The number of carbonyl (C=O) groups is 2. The summed E-state index contributed by atoms with van der Waals surface area (Å²) in [6.45, 7) is 0.0498. The van der Waals surface area contributed by atoms with Crippen LogP contribution < -0.4 is 29.2 Å². The molecule has 0 unspecified atom stereocenters. The third-order valence-electron chi connectivity index (χ3n) is 5.82. The number of hydrogen-bond acceptors (Lipinski definition) is 7. The maximum absolute atomic E-state index is 13.4. The maximum atomic E-state index is 13.4. The van der Waals surface area contributed by atoms with E-state index in [1.807, 2.05) is 42.5 Å². The maximum Gasteiger partial charge on any atom is 0.244 e. The molecule has 35 heavy (non-hydrogen) atoms. The minimum Gasteiger partial charge on any atom is -0.493 e. The molecule has 2 amide bonds. The van der Waals surface area contributed by atoms with E-state index in [1.165, 1.54) is 0 Å². The summed E-state index contributed by atoms with van der Waals surface area (Å²) < 4.78 is 21.5. The summed E-state index contributed by atoms with van der Waals surface area (Å²) in [5.41, 5.74) is 2.24. The van der Waals surface area contributed by atoms with Crippen LogP contribution in [-0.4, -0.2) is 39.4 Å². The van der Waals surface area contributed by atoms with E-state index in [9.17, 15) is 9.59 Å². The first-order valence-corrected chi connectivity index (χ1v) is 11.9. The van der Waals surface area contributed by atoms with E-state index in [4.69, 9.17) is 18.9 Å². The predicted octanol–water partition coefficient (Wildman–Crippen LogP) is 4.64. The molecule has 0 bridgehead atoms. The fourth-order valence-electron chi connectivity index (χ4n) is 4.11. The molecule has 5 rings (SSSR count). The lowest BCUT2D eigenvalue weighted by Gasteiger charge is -2.22. The summed E-state index contributed by atoms with van der Waals surface area (Å²) in [5, 5.41) is 2.71. The number of anilines is 2. The highest BCUT2D eigenvalue weighted by Gasteiger charge is 2.31. The number of benzene rings is 3. The molecule has 0 fully saturated rings. The van der Waals surface area contributed by atoms with Crippen LogP contribution in [0.25, 0.3) is 0 Å². The molecule has 0 aromatic heterocycles. The Morgan fingerprint density at radius 1 is 1.03 bits per heavy atom. The number of para-hydroxylation sites is 1. The number of nitrogens with zero attached hydrogens (tertiary/aromatic N) is 1. The van der Waals surface area contributed by atoms with Crippen LogP contribution in [0.4, 0.5) is 11.4 Å². The molecule has 0 aliphatic carbocycles. The van der Waals surface area contributed by atoms with Gasteiger partial charge in [0.05, 0.1) is 19.9 Å². The van der Waals surface area contributed by atoms with E-state index in [0.717, 1.165) is 10.5 Å². The number of carbonyl (C=O) groups excluding carboxylic acids is 2. The zero-order valence-electron chi connectivity index (χ0n) is 19.3. The Labute approximate surface area is 207 Å². The van der Waals surface area contributed by atoms with E-state index >= 15 is 0 Å². The normalized spacial score (nSPS) is 16.3. The zero-order chi connectivity index (χ0) is 24.4. The first kappa shape index (κ1) is 22.9. The second-order valence-electron chi connectivity index (χ2n) is 7.99. The van der Waals surface area contributed by atoms with Gasteiger partial charge in [0.15, 0.2) is 23.0 Å². The molecular weight excluding hydrogens is 468 g/mol. The van der Waals surface area contributed by atoms with Crippen LogP contribution >= 0.6 is 11.8 Å². The molecule has 2 aliphatic heterocycles. The van der Waals surface area contributed by atoms with Crippen molar-refractivity contribution in [1.29, 1.82) is 0 Å². The Kier molecular flexibility index (Phi) is 6.41. The highest BCUT2D eigenvalue weighted by atomic mass is 32.2. The molecule has 3 aromatic carbocycles. The van der Waals surface area contributed by atoms with Crippen molar-refractivity contribution in [3.63, 3.8) is 0 Å². The van der Waals surface area contributed by atoms with Crippen molar-refractivity contribution >= 4 is 35.0 Å². The number of thioether (sulfide) groups is 1. The van der Waals surface area contributed by atoms with Crippen molar-refractivity contribution in [2.75, 3.05) is 37.8 Å². The fraction of sp³-hybridized carbons (Fsp3) is 0.231. The van der Waals surface area contributed by atoms with Gasteiger partial charge in [0.1, 0.15) is 6.54 Å². The molecular formula is C26H24N2O6S. The number of rotatable bonds is 6. The van der Waals surface area contributed by atoms with Crippen molar-refractivity contribution in [2.45, 2.75) is 16.6 Å². The molecule has 9 heteroatoms. The van der Waals surface area contributed by atoms with E-state index in [2.05, 4.69) is 5.32 Å². The number of hydrogen-bond donors (Lipinski definition) is 1. The highest BCUT2D eigenvalue weighted by molar-refractivity contribution is 7.99. The second kappa shape index (κ2) is 9.79. The Morgan fingerprint density at radius 3 is 2.66 bits per heavy atom. The quantitative estimate of drug-likeness (QED) is 0.536. The van der Waals surface area contributed by atoms with Gasteiger partial charge in [0.2, 0.25) is 18.6 Å². The van der Waals surface area contributed by atoms with E-state index in [-0.39, 0.29) is 36.8 Å². The first-order valence-electron chi connectivity index (χ1n) is 11.0. The van der Waals surface area contributed by atoms with Crippen molar-refractivity contribution in [3.05, 3.63) is 66.2 Å². The number of fused-ring (bicyclic) bond motifs is 2. The molecule has 1 N–H and O–H groups in total. The van der Waals surface area contributed by atoms with Crippen LogP contribution in [0.3, 0.4) is 0 Å². The van der Waals surface area contributed by atoms with E-state index in [1.54, 1.807) is 49.1 Å². The molecule has 0 spiro atoms. The van der Waals surface area contributed by atoms with Gasteiger partial charge in [-0.05, 0) is 42.0 Å². The lowest BCUT2D eigenvalue weighted by atomic mass is 10.1. The van der Waals surface area contributed by atoms with Crippen LogP contribution in [0.5, 0.6) is 23.0 Å². The molecule has 1 atom stereocenters. The monoisotopic (exact) mass is 492 g/mol. The van der Waals surface area contributed by atoms with Crippen LogP contribution in [0.1, 0.15) is 17.2 Å². The second-order valence-corrected chi connectivity index (χ2v) is 9.23. The van der Waals surface area contributed by atoms with Crippen molar-refractivity contribution < 1.29 is 28.5 Å². The third kappa shape index (κ3) is 4.72. The van der Waals surface area contributed by atoms with Gasteiger partial charge in [0, 0.05) is 28.3 Å². The van der Waals surface area contributed by atoms with Crippen LogP contribution in [0, 0.1) is 0 Å². The number of nitrogens with one attached hydrogen (secondary N) is 1. The summed E-state index contributed by atoms with van der Waals surface area (Å²) in [6.07, 6.45) is 0.228. The Bertz CT molecular complexity index is 1280. The summed E-state index contributed by atoms with van der Waals surface area (Å²) in [6, 6.07) is 18.5. The predicted molar refractivity (Wildman–Crippen MR) is 133 cm³/mol. The average molecular weight is 493 g/mol. The number of amides is 2. The van der Waals surface area contributed by atoms with Gasteiger partial charge in [-0.3, -0.25) is 9.59 Å². The first-order chi connectivity index (χ1) is 17.1. The van der Waals surface area contributed by atoms with Gasteiger partial charge >= 0.3 is 0 Å². The molecule has 180 valence electrons. The summed E-state index contributed by atoms with van der Waals surface area (Å²) >= 11 is 1.59. The van der Waals surface area contributed by atoms with Gasteiger partial charge < -0.3 is 29.2 Å². The van der Waals surface area contributed by atoms with E-state index < -0.39 is 0 Å². The van der Waals surface area contributed by atoms with Gasteiger partial charge in [-0.25, -0.2) is 0 Å². The zero-order valence-corrected chi connectivity index (χ0v) is 20.1. The number of methoxy groups -OCH3 is 2. The van der Waals surface area contributed by atoms with Crippen LogP contribution in [0.15, 0.2) is 65.6 Å². The molecule has 2 heterocycles. The largest absolute Gasteiger partial charge is 0.493 e. The SMILES string of the molecule is COc1ccc([C@@H]2CC(=O)N(CC(=O)Nc3ccc4c(c3)OCO4)c3ccccc3S2)cc1OC. The minimum atomic E-state index is -0.304. The fourth-order valence-corrected chi connectivity index (χ4v) is 5.38. The Balaban J connectivity index is 1.38. The van der Waals surface area contributed by atoms with Gasteiger partial charge in [-0.2, -0.15) is 0 Å². The third-order valence-corrected chi connectivity index (χ3v) is 7.15. The minimum absolute atomic E-state index is 0.108. The molecule has 0 saturated carbocycles. The van der Waals surface area contributed by atoms with Gasteiger partial charge in [0.25, 0.3) is 0 Å². The topological polar surface area (TPSA) is 86.3 Å². The van der Waals surface area contributed by atoms with Gasteiger partial charge in [-0.1, -0.05) is 18.2 Å².